The molecule has 4 N–H and O–H groups in total. The molecule has 0 aliphatic carbocycles. The lowest BCUT2D eigenvalue weighted by Gasteiger charge is -2.15. The summed E-state index contributed by atoms with van der Waals surface area (Å²) in [5.41, 5.74) is 12.1. The number of hydrogen-bond donors (Lipinski definition) is 3. The van der Waals surface area contributed by atoms with Gasteiger partial charge in [0, 0.05) is 11.8 Å². The molecule has 1 aromatic carbocycles. The molecule has 100 valence electrons. The Morgan fingerprint density at radius 2 is 1.68 bits per heavy atom. The molecule has 0 fully saturated rings. The van der Waals surface area contributed by atoms with Gasteiger partial charge in [-0.15, -0.1) is 0 Å². The molecule has 0 saturated carbocycles. The normalized spacial score (nSPS) is 10.7. The zero-order chi connectivity index (χ0) is 14.3. The number of nitrogen functional groups attached to an aromatic ring is 1. The quantitative estimate of drug-likeness (QED) is 0.774. The zero-order valence-electron chi connectivity index (χ0n) is 11.6. The van der Waals surface area contributed by atoms with Crippen LogP contribution in [0, 0.1) is 27.7 Å². The van der Waals surface area contributed by atoms with Crippen molar-refractivity contribution < 1.29 is 9.90 Å². The average Bonchev–Trinajstić information content (AvgIpc) is 2.69. The van der Waals surface area contributed by atoms with Crippen molar-refractivity contribution in [3.05, 3.63) is 40.1 Å². The second kappa shape index (κ2) is 4.46. The van der Waals surface area contributed by atoms with Gasteiger partial charge in [-0.1, -0.05) is 6.07 Å². The molecule has 2 aromatic rings. The smallest absolute Gasteiger partial charge is 0.340 e. The summed E-state index contributed by atoms with van der Waals surface area (Å²) >= 11 is 0. The highest BCUT2D eigenvalue weighted by atomic mass is 16.4. The van der Waals surface area contributed by atoms with Crippen LogP contribution in [-0.4, -0.2) is 16.1 Å². The molecule has 2 rings (SSSR count). The third kappa shape index (κ3) is 1.99. The first-order valence-corrected chi connectivity index (χ1v) is 6.12. The molecule has 0 unspecified atom stereocenters. The van der Waals surface area contributed by atoms with Crippen LogP contribution in [-0.2, 0) is 0 Å². The number of aromatic nitrogens is 1. The second-order valence-corrected chi connectivity index (χ2v) is 4.93. The number of anilines is 1. The Kier molecular flexibility index (Phi) is 3.10. The van der Waals surface area contributed by atoms with Gasteiger partial charge in [0.15, 0.2) is 0 Å². The molecule has 0 aliphatic heterocycles. The van der Waals surface area contributed by atoms with E-state index in [4.69, 9.17) is 5.73 Å². The average molecular weight is 258 g/mol. The first kappa shape index (κ1) is 13.2. The fraction of sp³-hybridized carbons (Fsp3) is 0.267. The van der Waals surface area contributed by atoms with Crippen molar-refractivity contribution in [1.82, 2.24) is 4.98 Å². The van der Waals surface area contributed by atoms with Gasteiger partial charge < -0.3 is 15.8 Å². The van der Waals surface area contributed by atoms with Crippen molar-refractivity contribution in [1.29, 1.82) is 0 Å². The van der Waals surface area contributed by atoms with E-state index in [1.54, 1.807) is 0 Å². The predicted octanol–water partition coefficient (Wildman–Crippen LogP) is 3.20. The Labute approximate surface area is 112 Å². The van der Waals surface area contributed by atoms with Gasteiger partial charge in [-0.2, -0.15) is 0 Å². The number of H-pyrrole nitrogens is 1. The summed E-state index contributed by atoms with van der Waals surface area (Å²) in [6, 6.07) is 2.11. The number of hydrogen-bond acceptors (Lipinski definition) is 2. The van der Waals surface area contributed by atoms with Gasteiger partial charge in [-0.05, 0) is 49.9 Å². The van der Waals surface area contributed by atoms with E-state index >= 15 is 0 Å². The highest BCUT2D eigenvalue weighted by Gasteiger charge is 2.21. The standard InChI is InChI=1S/C15H18N2O2/c1-7-5-8(2)10(4)12(9(7)3)14-13(15(18)19)11(16)6-17-14/h5-6,17H,16H2,1-4H3,(H,18,19). The second-order valence-electron chi connectivity index (χ2n) is 4.93. The Morgan fingerprint density at radius 1 is 1.16 bits per heavy atom. The summed E-state index contributed by atoms with van der Waals surface area (Å²) in [4.78, 5) is 14.4. The predicted molar refractivity (Wildman–Crippen MR) is 76.5 cm³/mol. The number of rotatable bonds is 2. The van der Waals surface area contributed by atoms with Crippen molar-refractivity contribution >= 4 is 11.7 Å². The summed E-state index contributed by atoms with van der Waals surface area (Å²) in [7, 11) is 0. The molecule has 19 heavy (non-hydrogen) atoms. The number of nitrogens with one attached hydrogen (secondary N) is 1. The first-order chi connectivity index (χ1) is 8.84. The summed E-state index contributed by atoms with van der Waals surface area (Å²) in [5.74, 6) is -1.01. The van der Waals surface area contributed by atoms with Crippen molar-refractivity contribution in [2.45, 2.75) is 27.7 Å². The maximum absolute atomic E-state index is 11.4. The maximum Gasteiger partial charge on any atom is 0.340 e. The molecule has 1 heterocycles. The van der Waals surface area contributed by atoms with E-state index in [-0.39, 0.29) is 11.3 Å². The van der Waals surface area contributed by atoms with Gasteiger partial charge in [0.2, 0.25) is 0 Å². The van der Waals surface area contributed by atoms with E-state index in [9.17, 15) is 9.90 Å². The van der Waals surface area contributed by atoms with Crippen LogP contribution in [0.3, 0.4) is 0 Å². The topological polar surface area (TPSA) is 79.1 Å². The lowest BCUT2D eigenvalue weighted by Crippen LogP contribution is -2.04. The van der Waals surface area contributed by atoms with Crippen molar-refractivity contribution in [3.8, 4) is 11.3 Å². The van der Waals surface area contributed by atoms with Crippen LogP contribution < -0.4 is 5.73 Å². The molecule has 4 heteroatoms. The van der Waals surface area contributed by atoms with Crippen LogP contribution in [0.4, 0.5) is 5.69 Å². The van der Waals surface area contributed by atoms with Crippen LogP contribution in [0.25, 0.3) is 11.3 Å². The van der Waals surface area contributed by atoms with Gasteiger partial charge in [0.25, 0.3) is 0 Å². The van der Waals surface area contributed by atoms with Gasteiger partial charge in [0.1, 0.15) is 5.56 Å². The third-order valence-electron chi connectivity index (χ3n) is 3.74. The summed E-state index contributed by atoms with van der Waals surface area (Å²) in [5, 5.41) is 9.32. The SMILES string of the molecule is Cc1cc(C)c(C)c(-c2[nH]cc(N)c2C(=O)O)c1C. The van der Waals surface area contributed by atoms with Gasteiger partial charge in [-0.25, -0.2) is 4.79 Å². The Bertz CT molecular complexity index is 643. The molecule has 0 aliphatic rings. The van der Waals surface area contributed by atoms with E-state index in [1.165, 1.54) is 6.20 Å². The number of aromatic carboxylic acids is 1. The monoisotopic (exact) mass is 258 g/mol. The van der Waals surface area contributed by atoms with Gasteiger partial charge in [-0.3, -0.25) is 0 Å². The lowest BCUT2D eigenvalue weighted by molar-refractivity contribution is 0.0699. The number of aromatic amines is 1. The van der Waals surface area contributed by atoms with Crippen molar-refractivity contribution in [2.24, 2.45) is 0 Å². The highest BCUT2D eigenvalue weighted by molar-refractivity contribution is 6.01. The molecule has 1 aromatic heterocycles. The molecule has 0 spiro atoms. The van der Waals surface area contributed by atoms with Crippen molar-refractivity contribution in [3.63, 3.8) is 0 Å². The van der Waals surface area contributed by atoms with E-state index in [0.717, 1.165) is 27.8 Å². The van der Waals surface area contributed by atoms with Crippen LogP contribution in [0.1, 0.15) is 32.6 Å². The molecule has 0 radical (unpaired) electrons. The molecule has 0 bridgehead atoms. The number of carbonyl (C=O) groups is 1. The third-order valence-corrected chi connectivity index (χ3v) is 3.74. The number of aryl methyl sites for hydroxylation is 2. The number of carboxylic acid groups (broad SMARTS) is 1. The number of nitrogens with two attached hydrogens (primary N) is 1. The van der Waals surface area contributed by atoms with E-state index < -0.39 is 5.97 Å². The van der Waals surface area contributed by atoms with Crippen LogP contribution in [0.5, 0.6) is 0 Å². The molecular weight excluding hydrogens is 240 g/mol. The molecule has 0 amide bonds. The van der Waals surface area contributed by atoms with Crippen LogP contribution >= 0.6 is 0 Å². The van der Waals surface area contributed by atoms with Crippen molar-refractivity contribution in [2.75, 3.05) is 5.73 Å². The Hall–Kier alpha value is -2.23. The Balaban J connectivity index is 2.83. The largest absolute Gasteiger partial charge is 0.478 e. The van der Waals surface area contributed by atoms with E-state index in [2.05, 4.69) is 11.1 Å². The number of carboxylic acids is 1. The van der Waals surface area contributed by atoms with Gasteiger partial charge >= 0.3 is 5.97 Å². The summed E-state index contributed by atoms with van der Waals surface area (Å²) < 4.78 is 0. The summed E-state index contributed by atoms with van der Waals surface area (Å²) in [6.07, 6.45) is 1.54. The first-order valence-electron chi connectivity index (χ1n) is 6.12. The lowest BCUT2D eigenvalue weighted by atomic mass is 9.91. The minimum atomic E-state index is -1.01. The fourth-order valence-corrected chi connectivity index (χ4v) is 2.46. The fourth-order valence-electron chi connectivity index (χ4n) is 2.46. The van der Waals surface area contributed by atoms with Crippen LogP contribution in [0.2, 0.25) is 0 Å². The number of benzene rings is 1. The van der Waals surface area contributed by atoms with Crippen LogP contribution in [0.15, 0.2) is 12.3 Å². The van der Waals surface area contributed by atoms with Gasteiger partial charge in [0.05, 0.1) is 11.4 Å². The maximum atomic E-state index is 11.4. The zero-order valence-corrected chi connectivity index (χ0v) is 11.6. The minimum Gasteiger partial charge on any atom is -0.478 e. The van der Waals surface area contributed by atoms with E-state index in [0.29, 0.717) is 5.69 Å². The highest BCUT2D eigenvalue weighted by Crippen LogP contribution is 2.34. The molecule has 0 atom stereocenters. The minimum absolute atomic E-state index is 0.149. The summed E-state index contributed by atoms with van der Waals surface area (Å²) in [6.45, 7) is 8.05. The Morgan fingerprint density at radius 3 is 2.16 bits per heavy atom. The molecule has 0 saturated heterocycles. The molecular formula is C15H18N2O2. The van der Waals surface area contributed by atoms with E-state index in [1.807, 2.05) is 27.7 Å². The molecule has 4 nitrogen and oxygen atoms in total.